The van der Waals surface area contributed by atoms with Crippen LogP contribution in [0.15, 0.2) is 72.8 Å². The summed E-state index contributed by atoms with van der Waals surface area (Å²) in [6.07, 6.45) is -13.0. The van der Waals surface area contributed by atoms with Crippen LogP contribution in [0.1, 0.15) is 120 Å². The highest BCUT2D eigenvalue weighted by Crippen LogP contribution is 2.69. The Bertz CT molecular complexity index is 2480. The number of carbonyl (C=O) groups is 2. The lowest BCUT2D eigenvalue weighted by molar-refractivity contribution is -0.353. The molecule has 2 aromatic rings. The van der Waals surface area contributed by atoms with Crippen LogP contribution in [0.2, 0.25) is 0 Å². The van der Waals surface area contributed by atoms with Crippen LogP contribution in [0.25, 0.3) is 0 Å². The third-order valence-corrected chi connectivity index (χ3v) is 20.0. The van der Waals surface area contributed by atoms with Gasteiger partial charge in [0.1, 0.15) is 54.9 Å². The molecule has 7 fully saturated rings. The lowest BCUT2D eigenvalue weighted by Gasteiger charge is -2.65. The van der Waals surface area contributed by atoms with Gasteiger partial charge in [-0.1, -0.05) is 62.4 Å². The first-order chi connectivity index (χ1) is 38.5. The van der Waals surface area contributed by atoms with Crippen LogP contribution in [0, 0.1) is 28.6 Å². The zero-order valence-electron chi connectivity index (χ0n) is 47.2. The van der Waals surface area contributed by atoms with Crippen molar-refractivity contribution in [1.29, 1.82) is 0 Å². The fraction of sp³-hybridized carbons (Fsp3) is 0.733. The summed E-state index contributed by atoms with van der Waals surface area (Å²) < 4.78 is 68.3. The molecule has 4 saturated heterocycles. The van der Waals surface area contributed by atoms with Crippen molar-refractivity contribution in [1.82, 2.24) is 0 Å². The minimum atomic E-state index is -1.68. The molecular weight excluding hydrogens is 1060 g/mol. The van der Waals surface area contributed by atoms with E-state index in [0.29, 0.717) is 43.2 Å². The Morgan fingerprint density at radius 1 is 0.679 bits per heavy atom. The first-order valence-electron chi connectivity index (χ1n) is 29.0. The number of benzene rings is 2. The lowest BCUT2D eigenvalue weighted by Crippen LogP contribution is -2.70. The molecule has 0 spiro atoms. The smallest absolute Gasteiger partial charge is 0.338 e. The monoisotopic (exact) mass is 1140 g/mol. The quantitative estimate of drug-likeness (QED) is 0.0938. The molecule has 21 nitrogen and oxygen atoms in total. The van der Waals surface area contributed by atoms with Gasteiger partial charge in [0.15, 0.2) is 25.2 Å². The van der Waals surface area contributed by atoms with E-state index in [-0.39, 0.29) is 37.5 Å². The number of aliphatic hydroxyl groups excluding tert-OH is 6. The van der Waals surface area contributed by atoms with E-state index < -0.39 is 169 Å². The number of ether oxygens (including phenoxy) is 11. The number of fused-ring (bicyclic) bond motifs is 5. The number of hydrogen-bond acceptors (Lipinski definition) is 21. The minimum absolute atomic E-state index is 0.00973. The van der Waals surface area contributed by atoms with Crippen molar-refractivity contribution < 1.29 is 103 Å². The molecule has 21 heteroatoms. The predicted molar refractivity (Wildman–Crippen MR) is 283 cm³/mol. The van der Waals surface area contributed by atoms with Gasteiger partial charge < -0.3 is 93.0 Å². The van der Waals surface area contributed by atoms with Gasteiger partial charge in [0, 0.05) is 55.5 Å². The molecule has 4 aliphatic carbocycles. The van der Waals surface area contributed by atoms with E-state index in [1.165, 1.54) is 0 Å². The van der Waals surface area contributed by atoms with Crippen LogP contribution in [0.4, 0.5) is 0 Å². The van der Waals surface area contributed by atoms with Crippen molar-refractivity contribution in [3.05, 3.63) is 83.9 Å². The zero-order chi connectivity index (χ0) is 57.9. The second kappa shape index (κ2) is 24.1. The number of hydrogen-bond donors (Lipinski definition) is 8. The normalized spacial score (nSPS) is 47.3. The van der Waals surface area contributed by atoms with E-state index in [4.69, 9.17) is 52.1 Å². The Balaban J connectivity index is 0.768. The maximum atomic E-state index is 14.0. The van der Waals surface area contributed by atoms with E-state index in [1.807, 2.05) is 45.1 Å². The molecule has 8 N–H and O–H groups in total. The molecule has 27 atom stereocenters. The maximum Gasteiger partial charge on any atom is 0.338 e. The maximum absolute atomic E-state index is 14.0. The van der Waals surface area contributed by atoms with Crippen LogP contribution in [0.3, 0.4) is 0 Å². The van der Waals surface area contributed by atoms with Gasteiger partial charge >= 0.3 is 11.9 Å². The van der Waals surface area contributed by atoms with E-state index in [9.17, 15) is 50.4 Å². The van der Waals surface area contributed by atoms with E-state index in [2.05, 4.69) is 6.92 Å². The van der Waals surface area contributed by atoms with Gasteiger partial charge in [-0.3, -0.25) is 0 Å². The van der Waals surface area contributed by atoms with Crippen molar-refractivity contribution in [2.45, 2.75) is 233 Å². The minimum Gasteiger partial charge on any atom is -0.459 e. The molecule has 4 heterocycles. The highest BCUT2D eigenvalue weighted by atomic mass is 16.8. The highest BCUT2D eigenvalue weighted by Gasteiger charge is 2.73. The molecule has 81 heavy (non-hydrogen) atoms. The van der Waals surface area contributed by atoms with Gasteiger partial charge in [0.05, 0.1) is 71.7 Å². The zero-order valence-corrected chi connectivity index (χ0v) is 47.2. The summed E-state index contributed by atoms with van der Waals surface area (Å²) in [5.41, 5.74) is -3.78. The van der Waals surface area contributed by atoms with E-state index in [1.54, 1.807) is 69.5 Å². The summed E-state index contributed by atoms with van der Waals surface area (Å²) in [5, 5.41) is 89.4. The average molecular weight is 1140 g/mol. The van der Waals surface area contributed by atoms with Crippen LogP contribution >= 0.6 is 0 Å². The number of esters is 2. The Morgan fingerprint density at radius 3 is 1.94 bits per heavy atom. The lowest BCUT2D eigenvalue weighted by atomic mass is 9.43. The molecule has 2 aromatic carbocycles. The number of aliphatic hydroxyl groups is 8. The summed E-state index contributed by atoms with van der Waals surface area (Å²) in [6.45, 7) is 10.4. The van der Waals surface area contributed by atoms with Gasteiger partial charge in [0.25, 0.3) is 0 Å². The van der Waals surface area contributed by atoms with E-state index in [0.717, 1.165) is 0 Å². The fourth-order valence-electron chi connectivity index (χ4n) is 15.2. The van der Waals surface area contributed by atoms with Gasteiger partial charge in [0.2, 0.25) is 0 Å². The van der Waals surface area contributed by atoms with Gasteiger partial charge in [-0.25, -0.2) is 9.59 Å². The second-order valence-corrected chi connectivity index (χ2v) is 24.6. The van der Waals surface area contributed by atoms with Crippen molar-refractivity contribution in [3.8, 4) is 0 Å². The molecule has 0 bridgehead atoms. The molecule has 0 radical (unpaired) electrons. The average Bonchev–Trinajstić information content (AvgIpc) is 4.01. The first-order valence-corrected chi connectivity index (χ1v) is 29.0. The number of rotatable bonds is 15. The largest absolute Gasteiger partial charge is 0.459 e. The molecule has 27 unspecified atom stereocenters. The van der Waals surface area contributed by atoms with Crippen molar-refractivity contribution in [3.63, 3.8) is 0 Å². The van der Waals surface area contributed by atoms with Crippen molar-refractivity contribution in [2.24, 2.45) is 28.6 Å². The van der Waals surface area contributed by atoms with Crippen LogP contribution in [-0.2, 0) is 52.1 Å². The Hall–Kier alpha value is -3.56. The molecule has 4 aliphatic heterocycles. The molecule has 450 valence electrons. The standard InChI is InChI=1S/C60H84O21/c1-30(75-54(67)34-14-10-8-11-15-34)37-20-23-60(70)38-19-22-59(69)28-36(18-21-57(59,5)39(38)24-44(58(37,60)6)79-55(68)35-16-12-9-13-17-35)76-46-27-42(71-7)53(33(4)74-46)81-45-25-40(62)52(32(3)73-45)80-47-26-41(48(63)31(2)72-47)77-56-51(66)50(65)49(64)43(29-61)78-56/h8-17,19,22,30-33,36-53,56,61-66,69-70H,18,20-21,23-29H2,1-7H3. The van der Waals surface area contributed by atoms with Gasteiger partial charge in [-0.15, -0.1) is 0 Å². The topological polar surface area (TPSA) is 298 Å². The fourth-order valence-corrected chi connectivity index (χ4v) is 15.2. The third-order valence-electron chi connectivity index (χ3n) is 20.0. The van der Waals surface area contributed by atoms with E-state index >= 15 is 0 Å². The van der Waals surface area contributed by atoms with Crippen LogP contribution < -0.4 is 0 Å². The van der Waals surface area contributed by atoms with Crippen molar-refractivity contribution in [2.75, 3.05) is 13.7 Å². The molecule has 0 aromatic heterocycles. The van der Waals surface area contributed by atoms with Crippen molar-refractivity contribution >= 4 is 11.9 Å². The first kappa shape index (κ1) is 60.6. The summed E-state index contributed by atoms with van der Waals surface area (Å²) >= 11 is 0. The molecule has 3 saturated carbocycles. The highest BCUT2D eigenvalue weighted by molar-refractivity contribution is 5.90. The predicted octanol–water partition coefficient (Wildman–Crippen LogP) is 3.21. The molecular formula is C60H84O21. The summed E-state index contributed by atoms with van der Waals surface area (Å²) in [4.78, 5) is 27.5. The summed E-state index contributed by atoms with van der Waals surface area (Å²) in [7, 11) is 1.58. The molecule has 8 aliphatic rings. The summed E-state index contributed by atoms with van der Waals surface area (Å²) in [5.74, 6) is -2.08. The summed E-state index contributed by atoms with van der Waals surface area (Å²) in [6, 6.07) is 17.6. The Labute approximate surface area is 472 Å². The van der Waals surface area contributed by atoms with Gasteiger partial charge in [-0.05, 0) is 90.0 Å². The third kappa shape index (κ3) is 11.3. The Kier molecular flexibility index (Phi) is 18.0. The SMILES string of the molecule is COC1CC(OC2CCC3(C)C4CC(OC(=O)c5ccccc5)C5(C)C(C(C)OC(=O)c6ccccc6)CCC5(O)C4C=CC3(O)C2)OC(C)C1OC1CC(O)C(OC2CC(OC3OC(CO)C(O)C(O)C3O)C(O)C(C)O2)C(C)O1. The van der Waals surface area contributed by atoms with Crippen LogP contribution in [-0.4, -0.2) is 201 Å². The Morgan fingerprint density at radius 2 is 1.28 bits per heavy atom. The molecule has 10 rings (SSSR count). The number of carbonyl (C=O) groups excluding carboxylic acids is 2. The van der Waals surface area contributed by atoms with Gasteiger partial charge in [-0.2, -0.15) is 0 Å². The molecule has 0 amide bonds. The number of methoxy groups -OCH3 is 1. The second-order valence-electron chi connectivity index (χ2n) is 24.6. The van der Waals surface area contributed by atoms with Crippen LogP contribution in [0.5, 0.6) is 0 Å².